The van der Waals surface area contributed by atoms with Crippen LogP contribution < -0.4 is 0 Å². The lowest BCUT2D eigenvalue weighted by molar-refractivity contribution is -0.112. The van der Waals surface area contributed by atoms with Crippen LogP contribution in [0.1, 0.15) is 36.7 Å². The van der Waals surface area contributed by atoms with Crippen LogP contribution in [0.3, 0.4) is 0 Å². The van der Waals surface area contributed by atoms with E-state index < -0.39 is 17.0 Å². The molecule has 98 valence electrons. The Balaban J connectivity index is 2.78. The maximum absolute atomic E-state index is 12.3. The van der Waals surface area contributed by atoms with Crippen LogP contribution in [0.5, 0.6) is 0 Å². The molecule has 1 N–H and O–H groups in total. The van der Waals surface area contributed by atoms with Crippen LogP contribution in [0.2, 0.25) is 0 Å². The number of hydrogen-bond acceptors (Lipinski definition) is 3. The van der Waals surface area contributed by atoms with Crippen molar-refractivity contribution < 1.29 is 14.7 Å². The van der Waals surface area contributed by atoms with Crippen LogP contribution in [0.25, 0.3) is 5.57 Å². The van der Waals surface area contributed by atoms with Crippen LogP contribution in [0, 0.1) is 5.41 Å². The number of carbonyl (C=O) groups is 2. The zero-order valence-corrected chi connectivity index (χ0v) is 11.3. The van der Waals surface area contributed by atoms with Gasteiger partial charge in [0.05, 0.1) is 11.2 Å². The highest BCUT2D eigenvalue weighted by Gasteiger charge is 2.40. The molecule has 1 aromatic rings. The number of carbonyl (C=O) groups excluding carboxylic acids is 2. The van der Waals surface area contributed by atoms with Gasteiger partial charge in [0, 0.05) is 11.1 Å². The van der Waals surface area contributed by atoms with Crippen molar-refractivity contribution in [1.82, 2.24) is 0 Å². The molecular weight excluding hydrogens is 240 g/mol. The van der Waals surface area contributed by atoms with E-state index in [1.807, 2.05) is 12.1 Å². The lowest BCUT2D eigenvalue weighted by Crippen LogP contribution is -2.32. The van der Waals surface area contributed by atoms with Crippen molar-refractivity contribution in [2.45, 2.75) is 20.8 Å². The van der Waals surface area contributed by atoms with Crippen LogP contribution >= 0.6 is 0 Å². The highest BCUT2D eigenvalue weighted by Crippen LogP contribution is 2.41. The average molecular weight is 256 g/mol. The Kier molecular flexibility index (Phi) is 2.93. The van der Waals surface area contributed by atoms with E-state index in [-0.39, 0.29) is 5.76 Å². The van der Waals surface area contributed by atoms with Crippen molar-refractivity contribution >= 4 is 17.1 Å². The van der Waals surface area contributed by atoms with E-state index in [9.17, 15) is 14.7 Å². The summed E-state index contributed by atoms with van der Waals surface area (Å²) < 4.78 is 0. The fourth-order valence-electron chi connectivity index (χ4n) is 2.45. The summed E-state index contributed by atoms with van der Waals surface area (Å²) in [6.45, 7) is 8.68. The van der Waals surface area contributed by atoms with E-state index in [1.54, 1.807) is 32.9 Å². The first-order valence-electron chi connectivity index (χ1n) is 6.06. The summed E-state index contributed by atoms with van der Waals surface area (Å²) in [7, 11) is 0. The van der Waals surface area contributed by atoms with Crippen LogP contribution in [0.4, 0.5) is 0 Å². The van der Waals surface area contributed by atoms with Crippen LogP contribution in [0.15, 0.2) is 42.2 Å². The number of aliphatic hydroxyl groups is 1. The quantitative estimate of drug-likeness (QED) is 0.652. The Morgan fingerprint density at radius 3 is 2.16 bits per heavy atom. The molecule has 0 bridgehead atoms. The molecular formula is C16H16O3. The summed E-state index contributed by atoms with van der Waals surface area (Å²) >= 11 is 0. The molecule has 1 aliphatic carbocycles. The van der Waals surface area contributed by atoms with Gasteiger partial charge in [-0.1, -0.05) is 30.8 Å². The predicted molar refractivity (Wildman–Crippen MR) is 73.9 cm³/mol. The Morgan fingerprint density at radius 1 is 1.11 bits per heavy atom. The molecule has 2 rings (SSSR count). The van der Waals surface area contributed by atoms with Gasteiger partial charge in [0.25, 0.3) is 0 Å². The van der Waals surface area contributed by atoms with Gasteiger partial charge in [0.2, 0.25) is 11.6 Å². The zero-order chi connectivity index (χ0) is 14.4. The van der Waals surface area contributed by atoms with E-state index in [1.165, 1.54) is 0 Å². The van der Waals surface area contributed by atoms with Gasteiger partial charge >= 0.3 is 0 Å². The minimum absolute atomic E-state index is 0.123. The number of fused-ring (bicyclic) bond motifs is 1. The SMILES string of the molecule is C=C(O)C(C)(C)C1=C(C)c2ccccc2C(=O)C1=O. The second kappa shape index (κ2) is 4.19. The first kappa shape index (κ1) is 13.3. The second-order valence-corrected chi connectivity index (χ2v) is 5.28. The Bertz CT molecular complexity index is 633. The number of ketones is 2. The number of hydrogen-bond donors (Lipinski definition) is 1. The zero-order valence-electron chi connectivity index (χ0n) is 11.3. The molecule has 1 aromatic carbocycles. The molecule has 3 nitrogen and oxygen atoms in total. The largest absolute Gasteiger partial charge is 0.512 e. The van der Waals surface area contributed by atoms with Gasteiger partial charge in [-0.2, -0.15) is 0 Å². The van der Waals surface area contributed by atoms with E-state index in [4.69, 9.17) is 0 Å². The molecule has 0 radical (unpaired) electrons. The summed E-state index contributed by atoms with van der Waals surface area (Å²) in [4.78, 5) is 24.4. The van der Waals surface area contributed by atoms with Gasteiger partial charge < -0.3 is 5.11 Å². The molecule has 0 amide bonds. The van der Waals surface area contributed by atoms with Crippen molar-refractivity contribution in [3.05, 3.63) is 53.3 Å². The third-order valence-corrected chi connectivity index (χ3v) is 3.73. The molecule has 0 atom stereocenters. The molecule has 0 fully saturated rings. The predicted octanol–water partition coefficient (Wildman–Crippen LogP) is 3.32. The third kappa shape index (κ3) is 1.82. The Hall–Kier alpha value is -2.16. The summed E-state index contributed by atoms with van der Waals surface area (Å²) in [6.07, 6.45) is 0. The average Bonchev–Trinajstić information content (AvgIpc) is 2.36. The first-order valence-corrected chi connectivity index (χ1v) is 6.06. The summed E-state index contributed by atoms with van der Waals surface area (Å²) in [5, 5.41) is 9.71. The van der Waals surface area contributed by atoms with Crippen molar-refractivity contribution in [2.24, 2.45) is 5.41 Å². The molecule has 0 spiro atoms. The van der Waals surface area contributed by atoms with Crippen LogP contribution in [-0.2, 0) is 4.79 Å². The van der Waals surface area contributed by atoms with Crippen molar-refractivity contribution in [1.29, 1.82) is 0 Å². The van der Waals surface area contributed by atoms with Crippen molar-refractivity contribution in [3.8, 4) is 0 Å². The molecule has 0 saturated carbocycles. The molecule has 0 aromatic heterocycles. The van der Waals surface area contributed by atoms with Gasteiger partial charge in [-0.15, -0.1) is 0 Å². The van der Waals surface area contributed by atoms with E-state index >= 15 is 0 Å². The van der Waals surface area contributed by atoms with Crippen molar-refractivity contribution in [3.63, 3.8) is 0 Å². The molecule has 0 heterocycles. The molecule has 0 aliphatic heterocycles. The molecule has 0 saturated heterocycles. The monoisotopic (exact) mass is 256 g/mol. The fraction of sp³-hybridized carbons (Fsp3) is 0.250. The Labute approximate surface area is 112 Å². The summed E-state index contributed by atoms with van der Waals surface area (Å²) in [6, 6.07) is 7.02. The minimum atomic E-state index is -0.940. The molecule has 0 unspecified atom stereocenters. The fourth-order valence-corrected chi connectivity index (χ4v) is 2.45. The number of aliphatic hydroxyl groups excluding tert-OH is 1. The van der Waals surface area contributed by atoms with E-state index in [0.717, 1.165) is 11.1 Å². The smallest absolute Gasteiger partial charge is 0.233 e. The molecule has 19 heavy (non-hydrogen) atoms. The van der Waals surface area contributed by atoms with Gasteiger partial charge in [0.15, 0.2) is 0 Å². The second-order valence-electron chi connectivity index (χ2n) is 5.28. The maximum Gasteiger partial charge on any atom is 0.233 e. The van der Waals surface area contributed by atoms with Gasteiger partial charge in [0.1, 0.15) is 0 Å². The normalized spacial score (nSPS) is 15.5. The number of allylic oxidation sites excluding steroid dienone is 2. The van der Waals surface area contributed by atoms with Gasteiger partial charge in [-0.05, 0) is 31.9 Å². The molecule has 3 heteroatoms. The summed E-state index contributed by atoms with van der Waals surface area (Å²) in [5.41, 5.74) is 1.28. The lowest BCUT2D eigenvalue weighted by Gasteiger charge is -2.30. The number of rotatable bonds is 2. The minimum Gasteiger partial charge on any atom is -0.512 e. The topological polar surface area (TPSA) is 54.4 Å². The lowest BCUT2D eigenvalue weighted by atomic mass is 9.72. The first-order chi connectivity index (χ1) is 8.78. The molecule has 1 aliphatic rings. The standard InChI is InChI=1S/C16H16O3/c1-9-11-7-5-6-8-12(11)14(18)15(19)13(9)16(3,4)10(2)17/h5-8,17H,2H2,1,3-4H3. The van der Waals surface area contributed by atoms with E-state index in [2.05, 4.69) is 6.58 Å². The van der Waals surface area contributed by atoms with Gasteiger partial charge in [-0.25, -0.2) is 0 Å². The van der Waals surface area contributed by atoms with E-state index in [0.29, 0.717) is 11.1 Å². The number of benzene rings is 1. The number of Topliss-reactive ketones (excluding diaryl/α,β-unsaturated/α-hetero) is 2. The van der Waals surface area contributed by atoms with Crippen LogP contribution in [-0.4, -0.2) is 16.7 Å². The third-order valence-electron chi connectivity index (χ3n) is 3.73. The summed E-state index contributed by atoms with van der Waals surface area (Å²) in [5.74, 6) is -1.20. The van der Waals surface area contributed by atoms with Gasteiger partial charge in [-0.3, -0.25) is 9.59 Å². The van der Waals surface area contributed by atoms with Crippen molar-refractivity contribution in [2.75, 3.05) is 0 Å². The Morgan fingerprint density at radius 2 is 1.63 bits per heavy atom. The highest BCUT2D eigenvalue weighted by molar-refractivity contribution is 6.52. The highest BCUT2D eigenvalue weighted by atomic mass is 16.3. The maximum atomic E-state index is 12.3.